The van der Waals surface area contributed by atoms with Gasteiger partial charge in [-0.3, -0.25) is 14.4 Å². The van der Waals surface area contributed by atoms with E-state index in [1.54, 1.807) is 0 Å². The van der Waals surface area contributed by atoms with Gasteiger partial charge in [-0.2, -0.15) is 0 Å². The van der Waals surface area contributed by atoms with E-state index in [0.717, 1.165) is 42.5 Å². The maximum Gasteiger partial charge on any atom is 0.307 e. The molecule has 1 fully saturated rings. The molecular weight excluding hydrogens is 424 g/mol. The average Bonchev–Trinajstić information content (AvgIpc) is 3.34. The third kappa shape index (κ3) is 4.58. The summed E-state index contributed by atoms with van der Waals surface area (Å²) in [6.45, 7) is 4.25. The van der Waals surface area contributed by atoms with E-state index in [2.05, 4.69) is 24.5 Å². The highest BCUT2D eigenvalue weighted by molar-refractivity contribution is 7.17. The molecule has 32 heavy (non-hydrogen) atoms. The summed E-state index contributed by atoms with van der Waals surface area (Å²) in [4.78, 5) is 39.1. The number of hydrogen-bond acceptors (Lipinski definition) is 4. The first-order chi connectivity index (χ1) is 15.3. The highest BCUT2D eigenvalue weighted by Crippen LogP contribution is 2.40. The summed E-state index contributed by atoms with van der Waals surface area (Å²) in [5, 5.41) is 16.0. The molecule has 1 aromatic heterocycles. The van der Waals surface area contributed by atoms with Crippen LogP contribution >= 0.6 is 11.3 Å². The van der Waals surface area contributed by atoms with Gasteiger partial charge in [-0.15, -0.1) is 11.3 Å². The molecule has 2 unspecified atom stereocenters. The molecule has 1 heterocycles. The number of carbonyl (C=O) groups is 3. The number of carbonyl (C=O) groups excluding carboxylic acids is 2. The molecule has 6 nitrogen and oxygen atoms in total. The number of thiophene rings is 1. The number of aliphatic carboxylic acids is 1. The van der Waals surface area contributed by atoms with E-state index in [1.165, 1.54) is 16.9 Å². The second-order valence-electron chi connectivity index (χ2n) is 9.12. The molecule has 0 radical (unpaired) electrons. The van der Waals surface area contributed by atoms with Gasteiger partial charge >= 0.3 is 5.97 Å². The van der Waals surface area contributed by atoms with Crippen LogP contribution in [-0.4, -0.2) is 22.9 Å². The summed E-state index contributed by atoms with van der Waals surface area (Å²) in [7, 11) is 0. The molecule has 2 aliphatic rings. The van der Waals surface area contributed by atoms with Crippen molar-refractivity contribution < 1.29 is 19.5 Å². The molecule has 2 atom stereocenters. The highest BCUT2D eigenvalue weighted by atomic mass is 32.1. The van der Waals surface area contributed by atoms with Crippen LogP contribution in [0.2, 0.25) is 0 Å². The molecule has 7 heteroatoms. The molecule has 4 rings (SSSR count). The van der Waals surface area contributed by atoms with Crippen LogP contribution in [0, 0.1) is 11.8 Å². The Hall–Kier alpha value is -2.67. The number of nitrogens with one attached hydrogen (secondary N) is 2. The molecule has 3 N–H and O–H groups in total. The van der Waals surface area contributed by atoms with Crippen molar-refractivity contribution >= 4 is 39.8 Å². The molecule has 1 aromatic carbocycles. The first kappa shape index (κ1) is 22.5. The Bertz CT molecular complexity index is 1030. The van der Waals surface area contributed by atoms with Gasteiger partial charge < -0.3 is 15.7 Å². The number of rotatable bonds is 6. The minimum absolute atomic E-state index is 0.226. The molecule has 2 aliphatic carbocycles. The molecule has 170 valence electrons. The number of carboxylic acid groups (broad SMARTS) is 1. The fourth-order valence-electron chi connectivity index (χ4n) is 4.82. The van der Waals surface area contributed by atoms with Crippen LogP contribution in [-0.2, 0) is 22.4 Å². The van der Waals surface area contributed by atoms with Gasteiger partial charge in [-0.1, -0.05) is 38.8 Å². The fourth-order valence-corrected chi connectivity index (χ4v) is 6.11. The number of hydrogen-bond donors (Lipinski definition) is 3. The number of anilines is 2. The van der Waals surface area contributed by atoms with E-state index in [-0.39, 0.29) is 11.8 Å². The lowest BCUT2D eigenvalue weighted by Gasteiger charge is -2.27. The Labute approximate surface area is 192 Å². The lowest BCUT2D eigenvalue weighted by Crippen LogP contribution is -2.36. The summed E-state index contributed by atoms with van der Waals surface area (Å²) < 4.78 is 0. The summed E-state index contributed by atoms with van der Waals surface area (Å²) in [6, 6.07) is 7.82. The second kappa shape index (κ2) is 9.45. The number of carboxylic acids is 1. The van der Waals surface area contributed by atoms with Crippen molar-refractivity contribution in [2.75, 3.05) is 10.6 Å². The van der Waals surface area contributed by atoms with Crippen molar-refractivity contribution in [1.82, 2.24) is 0 Å². The van der Waals surface area contributed by atoms with Gasteiger partial charge in [0.2, 0.25) is 5.91 Å². The minimum atomic E-state index is -0.915. The number of fused-ring (bicyclic) bond motifs is 1. The van der Waals surface area contributed by atoms with Gasteiger partial charge in [0, 0.05) is 10.6 Å². The molecule has 0 bridgehead atoms. The second-order valence-corrected chi connectivity index (χ2v) is 10.2. The normalized spacial score (nSPS) is 20.1. The molecular formula is C25H30N2O4S. The highest BCUT2D eigenvalue weighted by Gasteiger charge is 2.37. The number of aryl methyl sites for hydroxylation is 1. The molecule has 0 aliphatic heterocycles. The van der Waals surface area contributed by atoms with Crippen molar-refractivity contribution in [2.24, 2.45) is 11.8 Å². The first-order valence-electron chi connectivity index (χ1n) is 11.4. The standard InChI is InChI=1S/C25H30N2O4S/c1-14(2)15-10-12-16(13-11-15)26-23(29)21-19-8-5-9-20(19)32-24(21)27-22(28)17-6-3-4-7-18(17)25(30)31/h10-14,17-18H,3-9H2,1-2H3,(H,26,29)(H,27,28)(H,30,31). The van der Waals surface area contributed by atoms with E-state index in [0.29, 0.717) is 35.0 Å². The smallest absolute Gasteiger partial charge is 0.307 e. The maximum atomic E-state index is 13.3. The number of amides is 2. The van der Waals surface area contributed by atoms with E-state index in [4.69, 9.17) is 0 Å². The third-order valence-electron chi connectivity index (χ3n) is 6.64. The van der Waals surface area contributed by atoms with Crippen molar-refractivity contribution in [3.8, 4) is 0 Å². The molecule has 0 spiro atoms. The topological polar surface area (TPSA) is 95.5 Å². The van der Waals surface area contributed by atoms with Gasteiger partial charge in [0.05, 0.1) is 17.4 Å². The van der Waals surface area contributed by atoms with Crippen LogP contribution in [0.1, 0.15) is 78.2 Å². The van der Waals surface area contributed by atoms with E-state index in [1.807, 2.05) is 24.3 Å². The summed E-state index contributed by atoms with van der Waals surface area (Å²) >= 11 is 1.46. The molecule has 2 aromatic rings. The van der Waals surface area contributed by atoms with Crippen molar-refractivity contribution in [2.45, 2.75) is 64.7 Å². The van der Waals surface area contributed by atoms with Crippen LogP contribution in [0.25, 0.3) is 0 Å². The number of benzene rings is 1. The Kier molecular flexibility index (Phi) is 6.65. The summed E-state index contributed by atoms with van der Waals surface area (Å²) in [5.41, 5.74) is 3.46. The van der Waals surface area contributed by atoms with E-state index >= 15 is 0 Å². The van der Waals surface area contributed by atoms with Crippen molar-refractivity contribution in [1.29, 1.82) is 0 Å². The zero-order chi connectivity index (χ0) is 22.8. The maximum absolute atomic E-state index is 13.3. The lowest BCUT2D eigenvalue weighted by atomic mass is 9.79. The summed E-state index contributed by atoms with van der Waals surface area (Å²) in [6.07, 6.45) is 5.49. The van der Waals surface area contributed by atoms with Crippen LogP contribution in [0.15, 0.2) is 24.3 Å². The Balaban J connectivity index is 1.56. The van der Waals surface area contributed by atoms with E-state index < -0.39 is 17.8 Å². The molecule has 1 saturated carbocycles. The average molecular weight is 455 g/mol. The third-order valence-corrected chi connectivity index (χ3v) is 7.85. The Morgan fingerprint density at radius 3 is 2.31 bits per heavy atom. The van der Waals surface area contributed by atoms with Gasteiger partial charge in [0.1, 0.15) is 5.00 Å². The predicted molar refractivity (Wildman–Crippen MR) is 127 cm³/mol. The van der Waals surface area contributed by atoms with Gasteiger partial charge in [0.15, 0.2) is 0 Å². The van der Waals surface area contributed by atoms with Crippen molar-refractivity contribution in [3.05, 3.63) is 45.8 Å². The predicted octanol–water partition coefficient (Wildman–Crippen LogP) is 5.44. The first-order valence-corrected chi connectivity index (χ1v) is 12.3. The summed E-state index contributed by atoms with van der Waals surface area (Å²) in [5.74, 6) is -2.23. The largest absolute Gasteiger partial charge is 0.481 e. The van der Waals surface area contributed by atoms with E-state index in [9.17, 15) is 19.5 Å². The van der Waals surface area contributed by atoms with Crippen LogP contribution < -0.4 is 10.6 Å². The van der Waals surface area contributed by atoms with Crippen molar-refractivity contribution in [3.63, 3.8) is 0 Å². The molecule has 0 saturated heterocycles. The molecule has 2 amide bonds. The zero-order valence-electron chi connectivity index (χ0n) is 18.6. The Morgan fingerprint density at radius 1 is 0.969 bits per heavy atom. The minimum Gasteiger partial charge on any atom is -0.481 e. The quantitative estimate of drug-likeness (QED) is 0.541. The van der Waals surface area contributed by atoms with Gasteiger partial charge in [0.25, 0.3) is 5.91 Å². The lowest BCUT2D eigenvalue weighted by molar-refractivity contribution is -0.147. The Morgan fingerprint density at radius 2 is 1.66 bits per heavy atom. The van der Waals surface area contributed by atoms with Crippen LogP contribution in [0.5, 0.6) is 0 Å². The zero-order valence-corrected chi connectivity index (χ0v) is 19.4. The fraction of sp³-hybridized carbons (Fsp3) is 0.480. The van der Waals surface area contributed by atoms with Gasteiger partial charge in [-0.05, 0) is 61.3 Å². The van der Waals surface area contributed by atoms with Crippen LogP contribution in [0.4, 0.5) is 10.7 Å². The van der Waals surface area contributed by atoms with Crippen LogP contribution in [0.3, 0.4) is 0 Å². The van der Waals surface area contributed by atoms with Gasteiger partial charge in [-0.25, -0.2) is 0 Å². The monoisotopic (exact) mass is 454 g/mol. The SMILES string of the molecule is CC(C)c1ccc(NC(=O)c2c(NC(=O)C3CCCCC3C(=O)O)sc3c2CCC3)cc1.